The standard InChI is InChI=1S/C13H10FNO3/c1-9-11(15(16)17)7-8-12(13(9)14)18-10-5-3-2-4-6-10/h2-8H,1H3. The van der Waals surface area contributed by atoms with Crippen LogP contribution in [0.5, 0.6) is 11.5 Å². The zero-order valence-corrected chi connectivity index (χ0v) is 9.59. The van der Waals surface area contributed by atoms with Crippen molar-refractivity contribution in [3.05, 3.63) is 64.0 Å². The highest BCUT2D eigenvalue weighted by atomic mass is 19.1. The predicted molar refractivity (Wildman–Crippen MR) is 64.3 cm³/mol. The summed E-state index contributed by atoms with van der Waals surface area (Å²) in [6, 6.07) is 11.2. The first kappa shape index (κ1) is 12.0. The van der Waals surface area contributed by atoms with Crippen LogP contribution >= 0.6 is 0 Å². The van der Waals surface area contributed by atoms with Gasteiger partial charge in [0.05, 0.1) is 10.5 Å². The normalized spacial score (nSPS) is 10.1. The Morgan fingerprint density at radius 3 is 2.44 bits per heavy atom. The van der Waals surface area contributed by atoms with E-state index in [1.54, 1.807) is 24.3 Å². The molecule has 0 radical (unpaired) electrons. The Hall–Kier alpha value is -2.43. The van der Waals surface area contributed by atoms with E-state index in [2.05, 4.69) is 0 Å². The Bertz CT molecular complexity index is 584. The molecule has 0 aliphatic rings. The van der Waals surface area contributed by atoms with Crippen LogP contribution in [0.3, 0.4) is 0 Å². The van der Waals surface area contributed by atoms with E-state index in [-0.39, 0.29) is 17.0 Å². The number of nitrogens with zero attached hydrogens (tertiary/aromatic N) is 1. The van der Waals surface area contributed by atoms with E-state index in [4.69, 9.17) is 4.74 Å². The largest absolute Gasteiger partial charge is 0.454 e. The summed E-state index contributed by atoms with van der Waals surface area (Å²) >= 11 is 0. The molecule has 2 rings (SSSR count). The molecule has 0 fully saturated rings. The number of para-hydroxylation sites is 1. The van der Waals surface area contributed by atoms with Crippen molar-refractivity contribution in [2.45, 2.75) is 6.92 Å². The van der Waals surface area contributed by atoms with Crippen molar-refractivity contribution in [2.75, 3.05) is 0 Å². The second-order valence-electron chi connectivity index (χ2n) is 3.69. The van der Waals surface area contributed by atoms with Gasteiger partial charge in [0.2, 0.25) is 0 Å². The van der Waals surface area contributed by atoms with E-state index in [1.807, 2.05) is 6.07 Å². The molecule has 92 valence electrons. The minimum atomic E-state index is -0.715. The van der Waals surface area contributed by atoms with Crippen LogP contribution in [0.1, 0.15) is 5.56 Å². The summed E-state index contributed by atoms with van der Waals surface area (Å²) in [6.07, 6.45) is 0. The smallest absolute Gasteiger partial charge is 0.275 e. The molecule has 5 heteroatoms. The minimum absolute atomic E-state index is 0.0238. The molecule has 0 heterocycles. The number of nitro groups is 1. The van der Waals surface area contributed by atoms with Crippen molar-refractivity contribution in [1.29, 1.82) is 0 Å². The topological polar surface area (TPSA) is 52.4 Å². The highest BCUT2D eigenvalue weighted by Crippen LogP contribution is 2.30. The van der Waals surface area contributed by atoms with Gasteiger partial charge < -0.3 is 4.74 Å². The number of rotatable bonds is 3. The summed E-state index contributed by atoms with van der Waals surface area (Å²) < 4.78 is 19.2. The summed E-state index contributed by atoms with van der Waals surface area (Å²) in [5.74, 6) is -0.262. The maximum Gasteiger partial charge on any atom is 0.275 e. The van der Waals surface area contributed by atoms with Gasteiger partial charge in [0.1, 0.15) is 5.75 Å². The van der Waals surface area contributed by atoms with Gasteiger partial charge in [-0.1, -0.05) is 18.2 Å². The number of nitro benzene ring substituents is 1. The SMILES string of the molecule is Cc1c([N+](=O)[O-])ccc(Oc2ccccc2)c1F. The van der Waals surface area contributed by atoms with Crippen LogP contribution in [-0.4, -0.2) is 4.92 Å². The first-order valence-corrected chi connectivity index (χ1v) is 5.26. The molecule has 0 unspecified atom stereocenters. The van der Waals surface area contributed by atoms with Gasteiger partial charge in [-0.15, -0.1) is 0 Å². The highest BCUT2D eigenvalue weighted by molar-refractivity contribution is 5.47. The monoisotopic (exact) mass is 247 g/mol. The predicted octanol–water partition coefficient (Wildman–Crippen LogP) is 3.83. The summed E-state index contributed by atoms with van der Waals surface area (Å²) in [7, 11) is 0. The van der Waals surface area contributed by atoms with E-state index < -0.39 is 10.7 Å². The molecule has 2 aromatic rings. The first-order chi connectivity index (χ1) is 8.59. The Kier molecular flexibility index (Phi) is 3.23. The molecule has 2 aromatic carbocycles. The third-order valence-electron chi connectivity index (χ3n) is 2.49. The number of hydrogen-bond acceptors (Lipinski definition) is 3. The first-order valence-electron chi connectivity index (χ1n) is 5.26. The molecule has 0 aliphatic heterocycles. The Morgan fingerprint density at radius 2 is 1.83 bits per heavy atom. The number of benzene rings is 2. The quantitative estimate of drug-likeness (QED) is 0.611. The Balaban J connectivity index is 2.36. The van der Waals surface area contributed by atoms with Gasteiger partial charge in [0.25, 0.3) is 5.69 Å². The third-order valence-corrected chi connectivity index (χ3v) is 2.49. The summed E-state index contributed by atoms with van der Waals surface area (Å²) in [5.41, 5.74) is -0.290. The van der Waals surface area contributed by atoms with Crippen molar-refractivity contribution in [2.24, 2.45) is 0 Å². The van der Waals surface area contributed by atoms with Crippen LogP contribution in [0.4, 0.5) is 10.1 Å². The molecule has 4 nitrogen and oxygen atoms in total. The molecular formula is C13H10FNO3. The molecule has 0 bridgehead atoms. The van der Waals surface area contributed by atoms with Crippen molar-refractivity contribution in [3.8, 4) is 11.5 Å². The second kappa shape index (κ2) is 4.83. The molecular weight excluding hydrogens is 237 g/mol. The van der Waals surface area contributed by atoms with Gasteiger partial charge in [0.15, 0.2) is 11.6 Å². The van der Waals surface area contributed by atoms with Crippen LogP contribution < -0.4 is 4.74 Å². The average Bonchev–Trinajstić information content (AvgIpc) is 2.36. The fourth-order valence-electron chi connectivity index (χ4n) is 1.54. The number of halogens is 1. The third kappa shape index (κ3) is 2.29. The lowest BCUT2D eigenvalue weighted by Gasteiger charge is -2.08. The van der Waals surface area contributed by atoms with Crippen LogP contribution in [-0.2, 0) is 0 Å². The van der Waals surface area contributed by atoms with Gasteiger partial charge >= 0.3 is 0 Å². The van der Waals surface area contributed by atoms with Crippen LogP contribution in [0.25, 0.3) is 0 Å². The average molecular weight is 247 g/mol. The fourth-order valence-corrected chi connectivity index (χ4v) is 1.54. The van der Waals surface area contributed by atoms with Gasteiger partial charge in [-0.3, -0.25) is 10.1 Å². The summed E-state index contributed by atoms with van der Waals surface area (Å²) in [5, 5.41) is 10.6. The molecule has 0 aromatic heterocycles. The van der Waals surface area contributed by atoms with Crippen molar-refractivity contribution >= 4 is 5.69 Å². The highest BCUT2D eigenvalue weighted by Gasteiger charge is 2.18. The zero-order valence-electron chi connectivity index (χ0n) is 9.59. The molecule has 0 amide bonds. The molecule has 0 saturated carbocycles. The van der Waals surface area contributed by atoms with E-state index in [1.165, 1.54) is 19.1 Å². The van der Waals surface area contributed by atoms with Gasteiger partial charge in [0, 0.05) is 6.07 Å². The maximum absolute atomic E-state index is 13.9. The van der Waals surface area contributed by atoms with Gasteiger partial charge in [-0.25, -0.2) is 4.39 Å². The van der Waals surface area contributed by atoms with E-state index in [0.717, 1.165) is 0 Å². The molecule has 0 aliphatic carbocycles. The van der Waals surface area contributed by atoms with Crippen molar-refractivity contribution in [3.63, 3.8) is 0 Å². The maximum atomic E-state index is 13.9. The zero-order chi connectivity index (χ0) is 13.1. The van der Waals surface area contributed by atoms with Gasteiger partial charge in [-0.05, 0) is 25.1 Å². The lowest BCUT2D eigenvalue weighted by atomic mass is 10.2. The van der Waals surface area contributed by atoms with Crippen molar-refractivity contribution in [1.82, 2.24) is 0 Å². The Morgan fingerprint density at radius 1 is 1.17 bits per heavy atom. The van der Waals surface area contributed by atoms with Crippen LogP contribution in [0.15, 0.2) is 42.5 Å². The molecule has 0 N–H and O–H groups in total. The second-order valence-corrected chi connectivity index (χ2v) is 3.69. The van der Waals surface area contributed by atoms with Crippen LogP contribution in [0.2, 0.25) is 0 Å². The fraction of sp³-hybridized carbons (Fsp3) is 0.0769. The van der Waals surface area contributed by atoms with Crippen LogP contribution in [0, 0.1) is 22.9 Å². The van der Waals surface area contributed by atoms with Gasteiger partial charge in [-0.2, -0.15) is 0 Å². The summed E-state index contributed by atoms with van der Waals surface area (Å²) in [4.78, 5) is 10.0. The summed E-state index contributed by atoms with van der Waals surface area (Å²) in [6.45, 7) is 1.35. The lowest BCUT2D eigenvalue weighted by Crippen LogP contribution is -1.97. The van der Waals surface area contributed by atoms with E-state index in [0.29, 0.717) is 5.75 Å². The molecule has 18 heavy (non-hydrogen) atoms. The van der Waals surface area contributed by atoms with E-state index >= 15 is 0 Å². The number of hydrogen-bond donors (Lipinski definition) is 0. The molecule has 0 spiro atoms. The number of ether oxygens (including phenoxy) is 1. The van der Waals surface area contributed by atoms with E-state index in [9.17, 15) is 14.5 Å². The minimum Gasteiger partial charge on any atom is -0.454 e. The lowest BCUT2D eigenvalue weighted by molar-refractivity contribution is -0.385. The molecule has 0 saturated heterocycles. The Labute approximate surface area is 103 Å². The molecule has 0 atom stereocenters. The van der Waals surface area contributed by atoms with Crippen molar-refractivity contribution < 1.29 is 14.1 Å².